The monoisotopic (exact) mass is 668 g/mol. The van der Waals surface area contributed by atoms with Gasteiger partial charge in [0.2, 0.25) is 0 Å². The Morgan fingerprint density at radius 2 is 1.80 bits per heavy atom. The van der Waals surface area contributed by atoms with Crippen LogP contribution in [0.1, 0.15) is 30.5 Å². The fourth-order valence-electron chi connectivity index (χ4n) is 3.96. The molecule has 0 radical (unpaired) electrons. The number of aromatic nitrogens is 1. The van der Waals surface area contributed by atoms with Gasteiger partial charge in [0.25, 0.3) is 5.91 Å². The summed E-state index contributed by atoms with van der Waals surface area (Å²) in [5, 5.41) is 7.85. The molecule has 0 saturated carbocycles. The van der Waals surface area contributed by atoms with E-state index in [9.17, 15) is 9.59 Å². The van der Waals surface area contributed by atoms with Crippen LogP contribution in [0.5, 0.6) is 5.75 Å². The number of carbonyl (C=O) groups is 2. The third-order valence-electron chi connectivity index (χ3n) is 5.90. The quantitative estimate of drug-likeness (QED) is 0.122. The molecule has 10 heteroatoms. The number of amides is 2. The Kier molecular flexibility index (Phi) is 10.4. The van der Waals surface area contributed by atoms with E-state index >= 15 is 0 Å². The Hall–Kier alpha value is -3.63. The number of alkyl carbamates (subject to hydrolysis) is 1. The summed E-state index contributed by atoms with van der Waals surface area (Å²) in [5.74, 6) is 0.263. The number of hydrazone groups is 1. The smallest absolute Gasteiger partial charge is 0.407 e. The zero-order valence-electron chi connectivity index (χ0n) is 22.1. The Balaban J connectivity index is 1.49. The van der Waals surface area contributed by atoms with Gasteiger partial charge < -0.3 is 19.8 Å². The first-order chi connectivity index (χ1) is 19.3. The van der Waals surface area contributed by atoms with Crippen molar-refractivity contribution in [3.8, 4) is 5.75 Å². The number of halogens is 2. The minimum Gasteiger partial charge on any atom is -0.487 e. The summed E-state index contributed by atoms with van der Waals surface area (Å²) >= 11 is 7.05. The first kappa shape index (κ1) is 29.4. The van der Waals surface area contributed by atoms with Crippen molar-refractivity contribution < 1.29 is 19.1 Å². The van der Waals surface area contributed by atoms with Crippen LogP contribution in [0.2, 0.25) is 0 Å². The second-order valence-corrected chi connectivity index (χ2v) is 11.3. The number of hydrogen-bond acceptors (Lipinski definition) is 5. The molecule has 0 aliphatic rings. The van der Waals surface area contributed by atoms with Crippen LogP contribution in [0.3, 0.4) is 0 Å². The molecule has 0 bridgehead atoms. The van der Waals surface area contributed by atoms with Gasteiger partial charge in [0.05, 0.1) is 17.3 Å². The van der Waals surface area contributed by atoms with E-state index in [0.29, 0.717) is 17.9 Å². The number of nitrogens with one attached hydrogen (secondary N) is 3. The van der Waals surface area contributed by atoms with Gasteiger partial charge in [0, 0.05) is 33.6 Å². The van der Waals surface area contributed by atoms with E-state index in [1.54, 1.807) is 0 Å². The predicted molar refractivity (Wildman–Crippen MR) is 163 cm³/mol. The molecule has 0 unspecified atom stereocenters. The molecule has 1 heterocycles. The van der Waals surface area contributed by atoms with Crippen molar-refractivity contribution in [2.75, 3.05) is 6.61 Å². The third kappa shape index (κ3) is 8.19. The molecule has 208 valence electrons. The lowest BCUT2D eigenvalue weighted by atomic mass is 10.0. The van der Waals surface area contributed by atoms with Gasteiger partial charge in [0.15, 0.2) is 0 Å². The van der Waals surface area contributed by atoms with Crippen LogP contribution in [0.4, 0.5) is 4.79 Å². The molecule has 2 amide bonds. The third-order valence-corrected chi connectivity index (χ3v) is 6.94. The molecule has 8 nitrogen and oxygen atoms in total. The molecule has 4 aromatic rings. The van der Waals surface area contributed by atoms with Crippen LogP contribution >= 0.6 is 31.9 Å². The maximum Gasteiger partial charge on any atom is 0.407 e. The Bertz CT molecular complexity index is 1490. The fraction of sp³-hybridized carbons (Fsp3) is 0.233. The average Bonchev–Trinajstić information content (AvgIpc) is 3.34. The van der Waals surface area contributed by atoms with E-state index in [4.69, 9.17) is 9.47 Å². The van der Waals surface area contributed by atoms with Gasteiger partial charge in [-0.1, -0.05) is 78.3 Å². The van der Waals surface area contributed by atoms with Crippen LogP contribution in [0, 0.1) is 5.92 Å². The maximum absolute atomic E-state index is 13.2. The second kappa shape index (κ2) is 14.1. The molecule has 0 saturated heterocycles. The fourth-order valence-corrected chi connectivity index (χ4v) is 5.33. The van der Waals surface area contributed by atoms with Gasteiger partial charge in [-0.25, -0.2) is 10.2 Å². The lowest BCUT2D eigenvalue weighted by molar-refractivity contribution is -0.123. The van der Waals surface area contributed by atoms with Crippen LogP contribution < -0.4 is 15.5 Å². The number of fused-ring (bicyclic) bond motifs is 1. The molecule has 3 aromatic carbocycles. The highest BCUT2D eigenvalue weighted by molar-refractivity contribution is 9.11. The second-order valence-electron chi connectivity index (χ2n) is 9.57. The average molecular weight is 670 g/mol. The Morgan fingerprint density at radius 1 is 1.05 bits per heavy atom. The number of rotatable bonds is 11. The molecule has 0 spiro atoms. The standard InChI is InChI=1S/C30H30Br2N4O4/c1-19(2)17-40-30(38)35-27(13-21-15-33-26-11-7-6-10-24(21)26)29(37)36-34-16-22-12-23(31)14-25(32)28(22)39-18-20-8-4-3-5-9-20/h3-12,14-16,19,27,33H,13,17-18H2,1-2H3,(H,35,38)(H,36,37)/b34-16-/t27-/m0/s1. The number of aromatic amines is 1. The summed E-state index contributed by atoms with van der Waals surface area (Å²) in [6, 6.07) is 20.4. The van der Waals surface area contributed by atoms with Crippen LogP contribution in [-0.2, 0) is 22.6 Å². The van der Waals surface area contributed by atoms with Gasteiger partial charge in [-0.15, -0.1) is 0 Å². The van der Waals surface area contributed by atoms with Crippen LogP contribution in [0.15, 0.2) is 87.0 Å². The van der Waals surface area contributed by atoms with E-state index in [2.05, 4.69) is 52.7 Å². The largest absolute Gasteiger partial charge is 0.487 e. The van der Waals surface area contributed by atoms with Crippen molar-refractivity contribution in [1.29, 1.82) is 0 Å². The van der Waals surface area contributed by atoms with Gasteiger partial charge in [0.1, 0.15) is 18.4 Å². The first-order valence-corrected chi connectivity index (χ1v) is 14.4. The van der Waals surface area contributed by atoms with Crippen LogP contribution in [-0.4, -0.2) is 35.8 Å². The number of nitrogens with zero attached hydrogens (tertiary/aromatic N) is 1. The van der Waals surface area contributed by atoms with Crippen molar-refractivity contribution in [2.24, 2.45) is 11.0 Å². The highest BCUT2D eigenvalue weighted by Gasteiger charge is 2.23. The summed E-state index contributed by atoms with van der Waals surface area (Å²) < 4.78 is 12.9. The molecule has 40 heavy (non-hydrogen) atoms. The highest BCUT2D eigenvalue weighted by atomic mass is 79.9. The minimum absolute atomic E-state index is 0.166. The molecular weight excluding hydrogens is 640 g/mol. The molecule has 0 aliphatic heterocycles. The highest BCUT2D eigenvalue weighted by Crippen LogP contribution is 2.32. The van der Waals surface area contributed by atoms with Crippen LogP contribution in [0.25, 0.3) is 10.9 Å². The van der Waals surface area contributed by atoms with Gasteiger partial charge in [-0.2, -0.15) is 5.10 Å². The van der Waals surface area contributed by atoms with Crippen molar-refractivity contribution in [3.63, 3.8) is 0 Å². The predicted octanol–water partition coefficient (Wildman–Crippen LogP) is 6.72. The molecule has 4 rings (SSSR count). The lowest BCUT2D eigenvalue weighted by Gasteiger charge is -2.17. The number of benzene rings is 3. The number of para-hydroxylation sites is 1. The molecule has 0 fully saturated rings. The zero-order valence-corrected chi connectivity index (χ0v) is 25.3. The topological polar surface area (TPSA) is 105 Å². The zero-order chi connectivity index (χ0) is 28.5. The molecule has 1 atom stereocenters. The van der Waals surface area contributed by atoms with Gasteiger partial charge >= 0.3 is 6.09 Å². The molecule has 0 aliphatic carbocycles. The van der Waals surface area contributed by atoms with E-state index in [-0.39, 0.29) is 18.9 Å². The summed E-state index contributed by atoms with van der Waals surface area (Å²) in [5.41, 5.74) is 6.06. The summed E-state index contributed by atoms with van der Waals surface area (Å²) in [7, 11) is 0. The first-order valence-electron chi connectivity index (χ1n) is 12.8. The number of ether oxygens (including phenoxy) is 2. The summed E-state index contributed by atoms with van der Waals surface area (Å²) in [6.07, 6.45) is 2.93. The lowest BCUT2D eigenvalue weighted by Crippen LogP contribution is -2.47. The Labute approximate surface area is 249 Å². The summed E-state index contributed by atoms with van der Waals surface area (Å²) in [4.78, 5) is 28.9. The van der Waals surface area contributed by atoms with Crippen molar-refractivity contribution in [1.82, 2.24) is 15.7 Å². The van der Waals surface area contributed by atoms with Gasteiger partial charge in [-0.3, -0.25) is 4.79 Å². The molecule has 1 aromatic heterocycles. The maximum atomic E-state index is 13.2. The van der Waals surface area contributed by atoms with E-state index in [1.165, 1.54) is 6.21 Å². The minimum atomic E-state index is -0.918. The van der Waals surface area contributed by atoms with Crippen molar-refractivity contribution in [3.05, 3.63) is 98.6 Å². The molecular formula is C30H30Br2N4O4. The Morgan fingerprint density at radius 3 is 2.58 bits per heavy atom. The SMILES string of the molecule is CC(C)COC(=O)N[C@@H](Cc1c[nH]c2ccccc12)C(=O)N/N=C\c1cc(Br)cc(Br)c1OCc1ccccc1. The summed E-state index contributed by atoms with van der Waals surface area (Å²) in [6.45, 7) is 4.49. The molecule has 3 N–H and O–H groups in total. The van der Waals surface area contributed by atoms with Gasteiger partial charge in [-0.05, 0) is 51.2 Å². The number of H-pyrrole nitrogens is 1. The van der Waals surface area contributed by atoms with Crippen molar-refractivity contribution >= 4 is 61.0 Å². The normalized spacial score (nSPS) is 12.0. The van der Waals surface area contributed by atoms with E-state index < -0.39 is 18.0 Å². The number of carbonyl (C=O) groups excluding carboxylic acids is 2. The van der Waals surface area contributed by atoms with Crippen molar-refractivity contribution in [2.45, 2.75) is 32.9 Å². The number of hydrogen-bond donors (Lipinski definition) is 3. The van der Waals surface area contributed by atoms with E-state index in [0.717, 1.165) is 31.0 Å². The van der Waals surface area contributed by atoms with E-state index in [1.807, 2.05) is 86.8 Å².